The van der Waals surface area contributed by atoms with Gasteiger partial charge in [-0.2, -0.15) is 0 Å². The normalized spacial score (nSPS) is 9.89. The van der Waals surface area contributed by atoms with Crippen LogP contribution >= 0.6 is 0 Å². The highest BCUT2D eigenvalue weighted by Crippen LogP contribution is 2.08. The Balaban J connectivity index is 2.40. The van der Waals surface area contributed by atoms with Crippen molar-refractivity contribution in [2.45, 2.75) is 19.9 Å². The Labute approximate surface area is 107 Å². The Morgan fingerprint density at radius 1 is 1.11 bits per heavy atom. The predicted octanol–water partition coefficient (Wildman–Crippen LogP) is -0.0599. The Bertz CT molecular complexity index is 418. The summed E-state index contributed by atoms with van der Waals surface area (Å²) in [7, 11) is 0. The van der Waals surface area contributed by atoms with Gasteiger partial charge in [-0.3, -0.25) is 9.59 Å². The molecule has 0 spiro atoms. The van der Waals surface area contributed by atoms with Crippen molar-refractivity contribution in [2.24, 2.45) is 5.73 Å². The molecule has 0 heterocycles. The van der Waals surface area contributed by atoms with Crippen molar-refractivity contribution in [1.29, 1.82) is 0 Å². The zero-order chi connectivity index (χ0) is 13.4. The molecule has 4 N–H and O–H groups in total. The molecule has 0 saturated carbocycles. The van der Waals surface area contributed by atoms with Gasteiger partial charge in [0.15, 0.2) is 0 Å². The van der Waals surface area contributed by atoms with Crippen LogP contribution < -0.4 is 16.4 Å². The Morgan fingerprint density at radius 2 is 1.78 bits per heavy atom. The van der Waals surface area contributed by atoms with E-state index in [0.717, 1.165) is 12.0 Å². The summed E-state index contributed by atoms with van der Waals surface area (Å²) >= 11 is 0. The third kappa shape index (κ3) is 4.55. The molecule has 0 unspecified atom stereocenters. The molecule has 1 aromatic carbocycles. The first-order valence-electron chi connectivity index (χ1n) is 5.97. The summed E-state index contributed by atoms with van der Waals surface area (Å²) in [6.45, 7) is 2.40. The molecule has 18 heavy (non-hydrogen) atoms. The summed E-state index contributed by atoms with van der Waals surface area (Å²) in [6, 6.07) is 7.94. The average molecular weight is 249 g/mol. The number of nitrogens with one attached hydrogen (secondary N) is 2. The van der Waals surface area contributed by atoms with Crippen LogP contribution in [0.5, 0.6) is 0 Å². The van der Waals surface area contributed by atoms with E-state index in [1.54, 1.807) is 0 Å². The molecule has 0 fully saturated rings. The van der Waals surface area contributed by atoms with Crippen LogP contribution in [0.1, 0.15) is 18.1 Å². The lowest BCUT2D eigenvalue weighted by atomic mass is 10.1. The second kappa shape index (κ2) is 7.45. The molecule has 0 aliphatic rings. The highest BCUT2D eigenvalue weighted by Gasteiger charge is 2.05. The fourth-order valence-electron chi connectivity index (χ4n) is 1.58. The van der Waals surface area contributed by atoms with Gasteiger partial charge in [-0.1, -0.05) is 31.2 Å². The number of hydrogen-bond acceptors (Lipinski definition) is 3. The molecule has 0 saturated heterocycles. The lowest BCUT2D eigenvalue weighted by molar-refractivity contribution is -0.125. The van der Waals surface area contributed by atoms with Gasteiger partial charge < -0.3 is 16.4 Å². The molecule has 0 bridgehead atoms. The van der Waals surface area contributed by atoms with Gasteiger partial charge in [0, 0.05) is 6.54 Å². The van der Waals surface area contributed by atoms with Gasteiger partial charge in [-0.25, -0.2) is 0 Å². The van der Waals surface area contributed by atoms with Crippen molar-refractivity contribution >= 4 is 11.8 Å². The van der Waals surface area contributed by atoms with E-state index in [0.29, 0.717) is 6.54 Å². The van der Waals surface area contributed by atoms with Gasteiger partial charge in [0.2, 0.25) is 11.8 Å². The third-order valence-corrected chi connectivity index (χ3v) is 2.61. The minimum Gasteiger partial charge on any atom is -0.350 e. The smallest absolute Gasteiger partial charge is 0.239 e. The maximum atomic E-state index is 11.5. The maximum Gasteiger partial charge on any atom is 0.239 e. The zero-order valence-electron chi connectivity index (χ0n) is 10.5. The minimum atomic E-state index is -0.334. The van der Waals surface area contributed by atoms with E-state index < -0.39 is 0 Å². The predicted molar refractivity (Wildman–Crippen MR) is 69.7 cm³/mol. The Hall–Kier alpha value is -1.88. The number of aryl methyl sites for hydroxylation is 1. The topological polar surface area (TPSA) is 84.2 Å². The van der Waals surface area contributed by atoms with E-state index in [1.807, 2.05) is 24.3 Å². The summed E-state index contributed by atoms with van der Waals surface area (Å²) in [6.07, 6.45) is 0.927. The molecule has 98 valence electrons. The van der Waals surface area contributed by atoms with Gasteiger partial charge in [0.25, 0.3) is 0 Å². The van der Waals surface area contributed by atoms with Gasteiger partial charge >= 0.3 is 0 Å². The van der Waals surface area contributed by atoms with Gasteiger partial charge in [-0.15, -0.1) is 0 Å². The quantitative estimate of drug-likeness (QED) is 0.660. The van der Waals surface area contributed by atoms with Crippen LogP contribution in [0.2, 0.25) is 0 Å². The molecule has 0 atom stereocenters. The summed E-state index contributed by atoms with van der Waals surface area (Å²) in [5.41, 5.74) is 7.43. The Morgan fingerprint density at radius 3 is 2.39 bits per heavy atom. The molecular formula is C13H19N3O2. The average Bonchev–Trinajstić information content (AvgIpc) is 2.42. The first-order valence-corrected chi connectivity index (χ1v) is 5.97. The number of amides is 2. The summed E-state index contributed by atoms with van der Waals surface area (Å²) in [4.78, 5) is 22.3. The van der Waals surface area contributed by atoms with E-state index in [-0.39, 0.29) is 24.9 Å². The molecule has 1 aromatic rings. The molecule has 5 heteroatoms. The van der Waals surface area contributed by atoms with Crippen molar-refractivity contribution in [3.05, 3.63) is 35.4 Å². The van der Waals surface area contributed by atoms with Crippen molar-refractivity contribution in [3.63, 3.8) is 0 Å². The third-order valence-electron chi connectivity index (χ3n) is 2.61. The zero-order valence-corrected chi connectivity index (χ0v) is 10.5. The van der Waals surface area contributed by atoms with E-state index in [1.165, 1.54) is 5.56 Å². The second-order valence-electron chi connectivity index (χ2n) is 3.88. The van der Waals surface area contributed by atoms with Gasteiger partial charge in [0.05, 0.1) is 13.1 Å². The fourth-order valence-corrected chi connectivity index (χ4v) is 1.58. The van der Waals surface area contributed by atoms with Crippen LogP contribution in [0.3, 0.4) is 0 Å². The number of benzene rings is 1. The fraction of sp³-hybridized carbons (Fsp3) is 0.385. The number of nitrogens with two attached hydrogens (primary N) is 1. The number of carbonyl (C=O) groups is 2. The number of carbonyl (C=O) groups excluding carboxylic acids is 2. The van der Waals surface area contributed by atoms with Crippen molar-refractivity contribution in [2.75, 3.05) is 13.1 Å². The highest BCUT2D eigenvalue weighted by molar-refractivity contribution is 5.85. The summed E-state index contributed by atoms with van der Waals surface area (Å²) < 4.78 is 0. The van der Waals surface area contributed by atoms with Gasteiger partial charge in [-0.05, 0) is 17.5 Å². The van der Waals surface area contributed by atoms with Crippen LogP contribution in [-0.4, -0.2) is 24.9 Å². The molecule has 5 nitrogen and oxygen atoms in total. The second-order valence-corrected chi connectivity index (χ2v) is 3.88. The maximum absolute atomic E-state index is 11.5. The van der Waals surface area contributed by atoms with Gasteiger partial charge in [0.1, 0.15) is 0 Å². The summed E-state index contributed by atoms with van der Waals surface area (Å²) in [5, 5.41) is 5.18. The first-order chi connectivity index (χ1) is 8.67. The molecule has 1 rings (SSSR count). The Kier molecular flexibility index (Phi) is 5.87. The van der Waals surface area contributed by atoms with Crippen molar-refractivity contribution in [1.82, 2.24) is 10.6 Å². The first kappa shape index (κ1) is 14.2. The molecule has 0 radical (unpaired) electrons. The van der Waals surface area contributed by atoms with E-state index in [2.05, 4.69) is 17.6 Å². The van der Waals surface area contributed by atoms with Crippen molar-refractivity contribution in [3.8, 4) is 0 Å². The van der Waals surface area contributed by atoms with Crippen LogP contribution in [0, 0.1) is 0 Å². The lowest BCUT2D eigenvalue weighted by Gasteiger charge is -2.09. The largest absolute Gasteiger partial charge is 0.350 e. The molecule has 0 aromatic heterocycles. The van der Waals surface area contributed by atoms with E-state index in [9.17, 15) is 9.59 Å². The molecule has 0 aliphatic carbocycles. The van der Waals surface area contributed by atoms with Crippen LogP contribution in [0.25, 0.3) is 0 Å². The number of hydrogen-bond donors (Lipinski definition) is 3. The SMILES string of the molecule is CCc1ccccc1CNC(=O)CNC(=O)CN. The minimum absolute atomic E-state index is 0.0374. The molecule has 2 amide bonds. The van der Waals surface area contributed by atoms with E-state index >= 15 is 0 Å². The highest BCUT2D eigenvalue weighted by atomic mass is 16.2. The molecule has 0 aliphatic heterocycles. The lowest BCUT2D eigenvalue weighted by Crippen LogP contribution is -2.39. The van der Waals surface area contributed by atoms with Crippen LogP contribution in [0.15, 0.2) is 24.3 Å². The van der Waals surface area contributed by atoms with Crippen LogP contribution in [0.4, 0.5) is 0 Å². The van der Waals surface area contributed by atoms with Crippen molar-refractivity contribution < 1.29 is 9.59 Å². The standard InChI is InChI=1S/C13H19N3O2/c1-2-10-5-3-4-6-11(10)8-15-13(18)9-16-12(17)7-14/h3-6H,2,7-9,14H2,1H3,(H,15,18)(H,16,17). The molecular weight excluding hydrogens is 230 g/mol. The monoisotopic (exact) mass is 249 g/mol. The van der Waals surface area contributed by atoms with E-state index in [4.69, 9.17) is 5.73 Å². The number of rotatable bonds is 6. The summed E-state index contributed by atoms with van der Waals surface area (Å²) in [5.74, 6) is -0.554. The van der Waals surface area contributed by atoms with Crippen LogP contribution in [-0.2, 0) is 22.6 Å².